The minimum atomic E-state index is 0.347. The number of para-hydroxylation sites is 1. The Morgan fingerprint density at radius 3 is 2.60 bits per heavy atom. The molecular weight excluding hydrogens is 312 g/mol. The first-order valence-corrected chi connectivity index (χ1v) is 7.77. The van der Waals surface area contributed by atoms with Crippen LogP contribution >= 0.6 is 15.9 Å². The zero-order valence-electron chi connectivity index (χ0n) is 12.0. The van der Waals surface area contributed by atoms with Crippen molar-refractivity contribution in [3.8, 4) is 0 Å². The first kappa shape index (κ1) is 13.5. The molecule has 0 saturated carbocycles. The summed E-state index contributed by atoms with van der Waals surface area (Å²) in [6, 6.07) is 10.6. The molecule has 3 rings (SSSR count). The van der Waals surface area contributed by atoms with E-state index in [4.69, 9.17) is 5.73 Å². The van der Waals surface area contributed by atoms with Crippen molar-refractivity contribution >= 4 is 33.0 Å². The Hall–Kier alpha value is -1.48. The van der Waals surface area contributed by atoms with E-state index in [0.29, 0.717) is 11.8 Å². The van der Waals surface area contributed by atoms with Crippen molar-refractivity contribution in [2.75, 3.05) is 11.1 Å². The van der Waals surface area contributed by atoms with Crippen molar-refractivity contribution in [3.05, 3.63) is 51.5 Å². The summed E-state index contributed by atoms with van der Waals surface area (Å²) in [4.78, 5) is 0. The molecule has 0 fully saturated rings. The summed E-state index contributed by atoms with van der Waals surface area (Å²) >= 11 is 3.64. The highest BCUT2D eigenvalue weighted by atomic mass is 79.9. The van der Waals surface area contributed by atoms with Crippen LogP contribution in [-0.4, -0.2) is 0 Å². The van der Waals surface area contributed by atoms with E-state index in [1.807, 2.05) is 12.1 Å². The van der Waals surface area contributed by atoms with Crippen molar-refractivity contribution in [3.63, 3.8) is 0 Å². The normalized spacial score (nSPS) is 16.6. The molecule has 0 saturated heterocycles. The molecule has 1 heterocycles. The molecule has 1 aliphatic heterocycles. The van der Waals surface area contributed by atoms with Gasteiger partial charge in [-0.25, -0.2) is 0 Å². The third-order valence-electron chi connectivity index (χ3n) is 4.10. The van der Waals surface area contributed by atoms with Crippen LogP contribution in [-0.2, 0) is 0 Å². The van der Waals surface area contributed by atoms with Gasteiger partial charge in [0.15, 0.2) is 0 Å². The topological polar surface area (TPSA) is 38.0 Å². The molecule has 1 unspecified atom stereocenters. The highest BCUT2D eigenvalue weighted by Crippen LogP contribution is 2.47. The lowest BCUT2D eigenvalue weighted by Crippen LogP contribution is -2.14. The van der Waals surface area contributed by atoms with Crippen LogP contribution in [0.2, 0.25) is 0 Å². The maximum atomic E-state index is 6.15. The molecule has 1 atom stereocenters. The minimum absolute atomic E-state index is 0.347. The number of rotatable bonds is 1. The Labute approximate surface area is 128 Å². The largest absolute Gasteiger partial charge is 0.397 e. The number of nitrogen functional groups attached to an aromatic ring is 1. The number of nitrogens with two attached hydrogens (primary N) is 1. The number of anilines is 3. The molecule has 0 spiro atoms. The van der Waals surface area contributed by atoms with Crippen LogP contribution in [0.3, 0.4) is 0 Å². The maximum absolute atomic E-state index is 6.15. The minimum Gasteiger partial charge on any atom is -0.397 e. The molecule has 1 aliphatic rings. The average molecular weight is 331 g/mol. The molecular formula is C17H19BrN2. The fourth-order valence-corrected chi connectivity index (χ4v) is 3.47. The van der Waals surface area contributed by atoms with Gasteiger partial charge in [0.2, 0.25) is 0 Å². The third kappa shape index (κ3) is 2.01. The van der Waals surface area contributed by atoms with Gasteiger partial charge in [-0.1, -0.05) is 48.8 Å². The van der Waals surface area contributed by atoms with Crippen molar-refractivity contribution in [2.24, 2.45) is 0 Å². The molecule has 104 valence electrons. The molecule has 0 radical (unpaired) electrons. The highest BCUT2D eigenvalue weighted by Gasteiger charge is 2.26. The summed E-state index contributed by atoms with van der Waals surface area (Å²) in [5, 5.41) is 3.57. The number of benzene rings is 2. The monoisotopic (exact) mass is 330 g/mol. The Morgan fingerprint density at radius 1 is 1.15 bits per heavy atom. The quantitative estimate of drug-likeness (QED) is 0.690. The maximum Gasteiger partial charge on any atom is 0.0656 e. The lowest BCUT2D eigenvalue weighted by Gasteiger charge is -2.31. The van der Waals surface area contributed by atoms with Crippen LogP contribution in [0.1, 0.15) is 49.3 Å². The van der Waals surface area contributed by atoms with E-state index in [1.54, 1.807) is 0 Å². The van der Waals surface area contributed by atoms with E-state index in [9.17, 15) is 0 Å². The summed E-state index contributed by atoms with van der Waals surface area (Å²) in [6.45, 7) is 6.69. The van der Waals surface area contributed by atoms with Crippen LogP contribution in [0.4, 0.5) is 17.1 Å². The van der Waals surface area contributed by atoms with Gasteiger partial charge in [0.25, 0.3) is 0 Å². The number of halogens is 1. The smallest absolute Gasteiger partial charge is 0.0656 e. The fourth-order valence-electron chi connectivity index (χ4n) is 2.98. The zero-order chi connectivity index (χ0) is 14.4. The van der Waals surface area contributed by atoms with E-state index in [0.717, 1.165) is 15.8 Å². The van der Waals surface area contributed by atoms with Crippen LogP contribution in [0.15, 0.2) is 34.8 Å². The van der Waals surface area contributed by atoms with E-state index < -0.39 is 0 Å². The predicted molar refractivity (Wildman–Crippen MR) is 89.9 cm³/mol. The molecule has 0 amide bonds. The second kappa shape index (κ2) is 4.81. The number of fused-ring (bicyclic) bond motifs is 2. The van der Waals surface area contributed by atoms with Crippen molar-refractivity contribution in [1.29, 1.82) is 0 Å². The second-order valence-corrected chi connectivity index (χ2v) is 6.69. The van der Waals surface area contributed by atoms with Gasteiger partial charge < -0.3 is 11.1 Å². The summed E-state index contributed by atoms with van der Waals surface area (Å²) in [6.07, 6.45) is 0. The van der Waals surface area contributed by atoms with Gasteiger partial charge in [-0.2, -0.15) is 0 Å². The van der Waals surface area contributed by atoms with Gasteiger partial charge >= 0.3 is 0 Å². The van der Waals surface area contributed by atoms with E-state index >= 15 is 0 Å². The highest BCUT2D eigenvalue weighted by molar-refractivity contribution is 9.10. The zero-order valence-corrected chi connectivity index (χ0v) is 13.6. The lowest BCUT2D eigenvalue weighted by atomic mass is 9.84. The first-order chi connectivity index (χ1) is 9.49. The number of nitrogens with one attached hydrogen (secondary N) is 1. The van der Waals surface area contributed by atoms with E-state index in [2.05, 4.69) is 60.2 Å². The van der Waals surface area contributed by atoms with Crippen molar-refractivity contribution in [1.82, 2.24) is 0 Å². The molecule has 3 heteroatoms. The molecule has 0 bridgehead atoms. The molecule has 2 nitrogen and oxygen atoms in total. The molecule has 0 aromatic heterocycles. The van der Waals surface area contributed by atoms with Crippen LogP contribution in [0.5, 0.6) is 0 Å². The predicted octanol–water partition coefficient (Wildman–Crippen LogP) is 5.36. The standard InChI is InChI=1S/C17H19BrN2/c1-9(2)13-7-11(18)8-14-10(3)12-5-4-6-15(19)17(12)20-16(13)14/h4-10,20H,19H2,1-3H3. The van der Waals surface area contributed by atoms with E-state index in [1.165, 1.54) is 22.4 Å². The van der Waals surface area contributed by atoms with Crippen LogP contribution in [0.25, 0.3) is 0 Å². The molecule has 3 N–H and O–H groups in total. The molecule has 0 aliphatic carbocycles. The molecule has 2 aromatic rings. The van der Waals surface area contributed by atoms with Crippen molar-refractivity contribution < 1.29 is 0 Å². The molecule has 20 heavy (non-hydrogen) atoms. The van der Waals surface area contributed by atoms with Gasteiger partial charge in [0.1, 0.15) is 0 Å². The third-order valence-corrected chi connectivity index (χ3v) is 4.56. The van der Waals surface area contributed by atoms with E-state index in [-0.39, 0.29) is 0 Å². The second-order valence-electron chi connectivity index (χ2n) is 5.77. The summed E-state index contributed by atoms with van der Waals surface area (Å²) in [7, 11) is 0. The number of hydrogen-bond donors (Lipinski definition) is 2. The Bertz CT molecular complexity index is 677. The SMILES string of the molecule is CC(C)c1cc(Br)cc2c1Nc1c(N)cccc1C2C. The summed E-state index contributed by atoms with van der Waals surface area (Å²) < 4.78 is 1.14. The Morgan fingerprint density at radius 2 is 1.90 bits per heavy atom. The first-order valence-electron chi connectivity index (χ1n) is 6.97. The number of hydrogen-bond acceptors (Lipinski definition) is 2. The van der Waals surface area contributed by atoms with Gasteiger partial charge in [0, 0.05) is 16.1 Å². The van der Waals surface area contributed by atoms with Crippen LogP contribution in [0, 0.1) is 0 Å². The Kier molecular flexibility index (Phi) is 3.25. The van der Waals surface area contributed by atoms with Crippen LogP contribution < -0.4 is 11.1 Å². The van der Waals surface area contributed by atoms with Gasteiger partial charge in [0.05, 0.1) is 11.4 Å². The summed E-state index contributed by atoms with van der Waals surface area (Å²) in [5.41, 5.74) is 13.2. The van der Waals surface area contributed by atoms with Crippen molar-refractivity contribution in [2.45, 2.75) is 32.6 Å². The summed E-state index contributed by atoms with van der Waals surface area (Å²) in [5.74, 6) is 0.812. The Balaban J connectivity index is 2.25. The average Bonchev–Trinajstić information content (AvgIpc) is 2.40. The molecule has 2 aromatic carbocycles. The van der Waals surface area contributed by atoms with Gasteiger partial charge in [-0.15, -0.1) is 0 Å². The lowest BCUT2D eigenvalue weighted by molar-refractivity contribution is 0.847. The van der Waals surface area contributed by atoms with Gasteiger partial charge in [-0.05, 0) is 40.8 Å². The van der Waals surface area contributed by atoms with Gasteiger partial charge in [-0.3, -0.25) is 0 Å². The fraction of sp³-hybridized carbons (Fsp3) is 0.294.